The van der Waals surface area contributed by atoms with Gasteiger partial charge in [0.2, 0.25) is 0 Å². The highest BCUT2D eigenvalue weighted by molar-refractivity contribution is 7.50. The molecule has 2 aromatic rings. The van der Waals surface area contributed by atoms with E-state index in [4.69, 9.17) is 0 Å². The topological polar surface area (TPSA) is 69.6 Å². The fraction of sp³-hybridized carbons (Fsp3) is 0.333. The van der Waals surface area contributed by atoms with Crippen molar-refractivity contribution >= 4 is 19.0 Å². The molecule has 124 valence electrons. The number of aryl methyl sites for hydroxylation is 3. The van der Waals surface area contributed by atoms with Crippen LogP contribution in [0.15, 0.2) is 36.4 Å². The summed E-state index contributed by atoms with van der Waals surface area (Å²) in [4.78, 5) is 18.6. The van der Waals surface area contributed by atoms with Gasteiger partial charge in [0.1, 0.15) is 0 Å². The lowest BCUT2D eigenvalue weighted by molar-refractivity contribution is 0.371. The Labute approximate surface area is 137 Å². The Morgan fingerprint density at radius 2 is 1.65 bits per heavy atom. The maximum absolute atomic E-state index is 11.4. The molecule has 2 aromatic carbocycles. The molecule has 0 heterocycles. The van der Waals surface area contributed by atoms with Crippen molar-refractivity contribution in [1.82, 2.24) is 0 Å². The van der Waals surface area contributed by atoms with Crippen LogP contribution in [0.25, 0.3) is 0 Å². The molecule has 5 heteroatoms. The molecule has 0 aliphatic carbocycles. The minimum absolute atomic E-state index is 0.222. The highest BCUT2D eigenvalue weighted by Crippen LogP contribution is 2.40. The highest BCUT2D eigenvalue weighted by Gasteiger charge is 2.17. The van der Waals surface area contributed by atoms with Crippen LogP contribution in [0.4, 0.5) is 11.4 Å². The number of rotatable bonds is 6. The van der Waals surface area contributed by atoms with E-state index in [1.54, 1.807) is 0 Å². The summed E-state index contributed by atoms with van der Waals surface area (Å²) in [5.41, 5.74) is 6.00. The molecule has 0 saturated carbocycles. The molecule has 0 bridgehead atoms. The largest absolute Gasteiger partial charge is 0.355 e. The second-order valence-corrected chi connectivity index (χ2v) is 7.44. The first-order valence-corrected chi connectivity index (χ1v) is 9.65. The van der Waals surface area contributed by atoms with Crippen LogP contribution in [0.1, 0.15) is 36.1 Å². The Kier molecular flexibility index (Phi) is 5.64. The lowest BCUT2D eigenvalue weighted by atomic mass is 10.0. The van der Waals surface area contributed by atoms with E-state index >= 15 is 0 Å². The fourth-order valence-electron chi connectivity index (χ4n) is 2.71. The highest BCUT2D eigenvalue weighted by atomic mass is 31.2. The molecule has 3 N–H and O–H groups in total. The van der Waals surface area contributed by atoms with Gasteiger partial charge in [0.25, 0.3) is 0 Å². The molecule has 0 radical (unpaired) electrons. The van der Waals surface area contributed by atoms with Crippen LogP contribution in [0, 0.1) is 6.92 Å². The first-order valence-electron chi connectivity index (χ1n) is 7.85. The predicted molar refractivity (Wildman–Crippen MR) is 95.4 cm³/mol. The van der Waals surface area contributed by atoms with Gasteiger partial charge in [0.15, 0.2) is 0 Å². The van der Waals surface area contributed by atoms with Gasteiger partial charge in [-0.05, 0) is 54.7 Å². The minimum Gasteiger partial charge on any atom is -0.355 e. The SMILES string of the molecule is CCc1ccc(Nc2ccc(C)cc2CC)cc1CP(=O)(O)O. The second-order valence-electron chi connectivity index (χ2n) is 5.80. The lowest BCUT2D eigenvalue weighted by Gasteiger charge is -2.15. The van der Waals surface area contributed by atoms with E-state index in [0.717, 1.165) is 29.8 Å². The van der Waals surface area contributed by atoms with Crippen molar-refractivity contribution in [1.29, 1.82) is 0 Å². The normalized spacial score (nSPS) is 11.5. The second kappa shape index (κ2) is 7.31. The average Bonchev–Trinajstić information content (AvgIpc) is 2.47. The van der Waals surface area contributed by atoms with Crippen molar-refractivity contribution in [2.24, 2.45) is 0 Å². The van der Waals surface area contributed by atoms with Gasteiger partial charge in [-0.1, -0.05) is 37.6 Å². The summed E-state index contributed by atoms with van der Waals surface area (Å²) in [7, 11) is -4.08. The van der Waals surface area contributed by atoms with E-state index < -0.39 is 7.60 Å². The van der Waals surface area contributed by atoms with Crippen LogP contribution in [0.2, 0.25) is 0 Å². The summed E-state index contributed by atoms with van der Waals surface area (Å²) in [6.45, 7) is 6.16. The standard InChI is InChI=1S/C18H24NO3P/c1-4-14-7-8-17(11-16(14)12-23(20,21)22)19-18-9-6-13(3)10-15(18)5-2/h6-11,19H,4-5,12H2,1-3H3,(H2,20,21,22). The summed E-state index contributed by atoms with van der Waals surface area (Å²) >= 11 is 0. The third-order valence-electron chi connectivity index (χ3n) is 3.88. The zero-order valence-corrected chi connectivity index (χ0v) is 14.7. The molecule has 0 aliphatic heterocycles. The molecule has 23 heavy (non-hydrogen) atoms. The zero-order chi connectivity index (χ0) is 17.0. The first kappa shape index (κ1) is 17.7. The van der Waals surface area contributed by atoms with Gasteiger partial charge in [-0.25, -0.2) is 0 Å². The number of nitrogens with one attached hydrogen (secondary N) is 1. The number of anilines is 2. The lowest BCUT2D eigenvalue weighted by Crippen LogP contribution is -1.99. The molecular formula is C18H24NO3P. The van der Waals surface area contributed by atoms with Crippen molar-refractivity contribution < 1.29 is 14.4 Å². The Balaban J connectivity index is 2.34. The van der Waals surface area contributed by atoms with Gasteiger partial charge in [-0.3, -0.25) is 4.57 Å². The number of benzene rings is 2. The third-order valence-corrected chi connectivity index (χ3v) is 4.64. The summed E-state index contributed by atoms with van der Waals surface area (Å²) in [5.74, 6) is 0. The van der Waals surface area contributed by atoms with E-state index in [1.165, 1.54) is 11.1 Å². The quantitative estimate of drug-likeness (QED) is 0.679. The van der Waals surface area contributed by atoms with E-state index in [1.807, 2.05) is 31.2 Å². The summed E-state index contributed by atoms with van der Waals surface area (Å²) in [6.07, 6.45) is 1.45. The van der Waals surface area contributed by atoms with Gasteiger partial charge in [-0.15, -0.1) is 0 Å². The number of hydrogen-bond acceptors (Lipinski definition) is 2. The van der Waals surface area contributed by atoms with E-state index in [0.29, 0.717) is 5.56 Å². The zero-order valence-electron chi connectivity index (χ0n) is 13.8. The van der Waals surface area contributed by atoms with Crippen LogP contribution >= 0.6 is 7.60 Å². The third kappa shape index (κ3) is 4.93. The van der Waals surface area contributed by atoms with E-state index in [2.05, 4.69) is 31.3 Å². The maximum atomic E-state index is 11.4. The maximum Gasteiger partial charge on any atom is 0.329 e. The smallest absolute Gasteiger partial charge is 0.329 e. The summed E-state index contributed by atoms with van der Waals surface area (Å²) in [6, 6.07) is 12.0. The fourth-order valence-corrected chi connectivity index (χ4v) is 3.45. The average molecular weight is 333 g/mol. The Hall–Kier alpha value is -1.61. The van der Waals surface area contributed by atoms with Crippen molar-refractivity contribution in [3.05, 3.63) is 58.7 Å². The molecule has 0 aliphatic rings. The monoisotopic (exact) mass is 333 g/mol. The van der Waals surface area contributed by atoms with Crippen LogP contribution < -0.4 is 5.32 Å². The molecule has 0 aromatic heterocycles. The van der Waals surface area contributed by atoms with Crippen molar-refractivity contribution in [3.8, 4) is 0 Å². The van der Waals surface area contributed by atoms with Gasteiger partial charge in [0, 0.05) is 11.4 Å². The molecule has 4 nitrogen and oxygen atoms in total. The molecular weight excluding hydrogens is 309 g/mol. The van der Waals surface area contributed by atoms with Crippen molar-refractivity contribution in [2.45, 2.75) is 39.8 Å². The van der Waals surface area contributed by atoms with Crippen LogP contribution in [0.5, 0.6) is 0 Å². The van der Waals surface area contributed by atoms with Gasteiger partial charge in [0.05, 0.1) is 6.16 Å². The molecule has 0 fully saturated rings. The summed E-state index contributed by atoms with van der Waals surface area (Å²) in [5, 5.41) is 3.38. The molecule has 0 saturated heterocycles. The van der Waals surface area contributed by atoms with E-state index in [9.17, 15) is 14.4 Å². The molecule has 0 unspecified atom stereocenters. The van der Waals surface area contributed by atoms with Crippen LogP contribution in [-0.2, 0) is 23.6 Å². The Bertz CT molecular complexity index is 737. The molecule has 0 amide bonds. The van der Waals surface area contributed by atoms with Crippen molar-refractivity contribution in [3.63, 3.8) is 0 Å². The summed E-state index contributed by atoms with van der Waals surface area (Å²) < 4.78 is 11.4. The van der Waals surface area contributed by atoms with Gasteiger partial charge in [-0.2, -0.15) is 0 Å². The Morgan fingerprint density at radius 3 is 2.26 bits per heavy atom. The molecule has 2 rings (SSSR count). The predicted octanol–water partition coefficient (Wildman–Crippen LogP) is 4.54. The van der Waals surface area contributed by atoms with Gasteiger partial charge < -0.3 is 15.1 Å². The van der Waals surface area contributed by atoms with Crippen LogP contribution in [-0.4, -0.2) is 9.79 Å². The number of hydrogen-bond donors (Lipinski definition) is 3. The van der Waals surface area contributed by atoms with Crippen molar-refractivity contribution in [2.75, 3.05) is 5.32 Å². The molecule has 0 atom stereocenters. The minimum atomic E-state index is -4.08. The molecule has 0 spiro atoms. The van der Waals surface area contributed by atoms with Gasteiger partial charge >= 0.3 is 7.60 Å². The van der Waals surface area contributed by atoms with E-state index in [-0.39, 0.29) is 6.16 Å². The Morgan fingerprint density at radius 1 is 0.957 bits per heavy atom. The first-order chi connectivity index (χ1) is 10.8. The van der Waals surface area contributed by atoms with Crippen LogP contribution in [0.3, 0.4) is 0 Å².